The van der Waals surface area contributed by atoms with Crippen LogP contribution in [0.4, 0.5) is 5.69 Å². The summed E-state index contributed by atoms with van der Waals surface area (Å²) in [6, 6.07) is 14.7. The smallest absolute Gasteiger partial charge is 0.272 e. The number of piperidine rings is 1. The van der Waals surface area contributed by atoms with Gasteiger partial charge in [0.2, 0.25) is 5.91 Å². The predicted octanol–water partition coefficient (Wildman–Crippen LogP) is 2.70. The number of carbonyl (C=O) groups is 2. The number of aliphatic hydroxyl groups excluding tert-OH is 1. The molecule has 2 aromatic rings. The van der Waals surface area contributed by atoms with Crippen molar-refractivity contribution in [1.82, 2.24) is 10.4 Å². The highest BCUT2D eigenvalue weighted by Gasteiger charge is 2.35. The predicted molar refractivity (Wildman–Crippen MR) is 131 cm³/mol. The van der Waals surface area contributed by atoms with Crippen molar-refractivity contribution in [2.75, 3.05) is 25.0 Å². The zero-order valence-corrected chi connectivity index (χ0v) is 20.0. The lowest BCUT2D eigenvalue weighted by atomic mass is 9.91. The maximum atomic E-state index is 13.3. The first-order chi connectivity index (χ1) is 16.9. The fraction of sp³-hybridized carbons (Fsp3) is 0.462. The number of hydrogen-bond donors (Lipinski definition) is 5. The number of nitrogens with one attached hydrogen (secondary N) is 2. The molecule has 3 rings (SSSR count). The topological polar surface area (TPSA) is 131 Å². The van der Waals surface area contributed by atoms with Crippen molar-refractivity contribution in [1.29, 1.82) is 0 Å². The number of ether oxygens (including phenoxy) is 1. The maximum Gasteiger partial charge on any atom is 0.272 e. The van der Waals surface area contributed by atoms with Crippen LogP contribution in [0.2, 0.25) is 0 Å². The Balaban J connectivity index is 1.55. The highest BCUT2D eigenvalue weighted by Crippen LogP contribution is 2.23. The van der Waals surface area contributed by atoms with Crippen LogP contribution in [0.25, 0.3) is 0 Å². The number of phenolic OH excluding ortho intramolecular Hbond substituents is 1. The molecule has 5 N–H and O–H groups in total. The summed E-state index contributed by atoms with van der Waals surface area (Å²) in [6.45, 7) is 3.51. The molecule has 1 aliphatic rings. The molecule has 9 heteroatoms. The number of anilines is 1. The third-order valence-corrected chi connectivity index (χ3v) is 6.34. The second kappa shape index (κ2) is 13.0. The standard InChI is InChI=1S/C26H35N3O6/c1-2-35-22-12-6-18(7-13-22)4-3-5-23(24(31)25(32)28-34)26(33)29-16-14-20(15-17-29)27-19-8-10-21(30)11-9-19/h6-13,20,23-24,27,30-31,34H,2-5,14-17H2,1H3,(H,28,32)/t23?,24-/m0/s1. The van der Waals surface area contributed by atoms with Crippen LogP contribution >= 0.6 is 0 Å². The van der Waals surface area contributed by atoms with E-state index >= 15 is 0 Å². The Labute approximate surface area is 205 Å². The zero-order valence-electron chi connectivity index (χ0n) is 20.0. The van der Waals surface area contributed by atoms with E-state index in [2.05, 4.69) is 5.32 Å². The Bertz CT molecular complexity index is 943. The monoisotopic (exact) mass is 485 g/mol. The first-order valence-corrected chi connectivity index (χ1v) is 12.1. The first-order valence-electron chi connectivity index (χ1n) is 12.1. The van der Waals surface area contributed by atoms with E-state index < -0.39 is 17.9 Å². The van der Waals surface area contributed by atoms with Crippen LogP contribution in [0.1, 0.15) is 38.2 Å². The highest BCUT2D eigenvalue weighted by molar-refractivity contribution is 5.88. The summed E-state index contributed by atoms with van der Waals surface area (Å²) in [5, 5.41) is 32.3. The molecule has 2 amide bonds. The number of hydrogen-bond acceptors (Lipinski definition) is 7. The number of phenols is 1. The average molecular weight is 486 g/mol. The minimum absolute atomic E-state index is 0.173. The minimum Gasteiger partial charge on any atom is -0.508 e. The number of hydroxylamine groups is 1. The van der Waals surface area contributed by atoms with Crippen LogP contribution < -0.4 is 15.5 Å². The number of benzene rings is 2. The maximum absolute atomic E-state index is 13.3. The number of nitrogens with zero attached hydrogens (tertiary/aromatic N) is 1. The van der Waals surface area contributed by atoms with Gasteiger partial charge in [0, 0.05) is 24.8 Å². The molecule has 1 aliphatic heterocycles. The first kappa shape index (κ1) is 26.3. The Kier molecular flexibility index (Phi) is 9.75. The van der Waals surface area contributed by atoms with Crippen molar-refractivity contribution < 1.29 is 29.7 Å². The summed E-state index contributed by atoms with van der Waals surface area (Å²) in [5.41, 5.74) is 3.44. The van der Waals surface area contributed by atoms with Gasteiger partial charge in [-0.05, 0) is 81.0 Å². The molecule has 0 radical (unpaired) electrons. The molecular formula is C26H35N3O6. The average Bonchev–Trinajstić information content (AvgIpc) is 2.88. The summed E-state index contributed by atoms with van der Waals surface area (Å²) in [5.74, 6) is -1.20. The second-order valence-corrected chi connectivity index (χ2v) is 8.79. The van der Waals surface area contributed by atoms with Crippen molar-refractivity contribution in [3.63, 3.8) is 0 Å². The van der Waals surface area contributed by atoms with Crippen LogP contribution in [-0.4, -0.2) is 64.0 Å². The van der Waals surface area contributed by atoms with E-state index in [0.29, 0.717) is 51.8 Å². The van der Waals surface area contributed by atoms with E-state index in [0.717, 1.165) is 17.0 Å². The number of rotatable bonds is 11. The van der Waals surface area contributed by atoms with Crippen molar-refractivity contribution >= 4 is 17.5 Å². The normalized spacial score (nSPS) is 15.8. The van der Waals surface area contributed by atoms with Gasteiger partial charge in [0.05, 0.1) is 12.5 Å². The summed E-state index contributed by atoms with van der Waals surface area (Å²) < 4.78 is 5.45. The third-order valence-electron chi connectivity index (χ3n) is 6.34. The van der Waals surface area contributed by atoms with Crippen LogP contribution in [0, 0.1) is 5.92 Å². The number of amides is 2. The molecule has 0 aromatic heterocycles. The van der Waals surface area contributed by atoms with Gasteiger partial charge >= 0.3 is 0 Å². The number of likely N-dealkylation sites (tertiary alicyclic amines) is 1. The molecule has 35 heavy (non-hydrogen) atoms. The molecule has 0 bridgehead atoms. The van der Waals surface area contributed by atoms with Crippen molar-refractivity contribution in [2.24, 2.45) is 5.92 Å². The Hall–Kier alpha value is -3.30. The largest absolute Gasteiger partial charge is 0.508 e. The third kappa shape index (κ3) is 7.60. The molecule has 1 fully saturated rings. The van der Waals surface area contributed by atoms with Gasteiger partial charge in [-0.3, -0.25) is 14.8 Å². The van der Waals surface area contributed by atoms with Crippen LogP contribution in [-0.2, 0) is 16.0 Å². The van der Waals surface area contributed by atoms with Gasteiger partial charge < -0.3 is 25.2 Å². The van der Waals surface area contributed by atoms with E-state index in [1.165, 1.54) is 5.48 Å². The van der Waals surface area contributed by atoms with E-state index in [-0.39, 0.29) is 17.7 Å². The summed E-state index contributed by atoms with van der Waals surface area (Å²) in [6.07, 6.45) is 1.40. The zero-order chi connectivity index (χ0) is 25.2. The molecule has 0 spiro atoms. The molecule has 9 nitrogen and oxygen atoms in total. The molecular weight excluding hydrogens is 450 g/mol. The second-order valence-electron chi connectivity index (χ2n) is 8.79. The van der Waals surface area contributed by atoms with Crippen LogP contribution in [0.5, 0.6) is 11.5 Å². The number of aryl methyl sites for hydroxylation is 1. The lowest BCUT2D eigenvalue weighted by Gasteiger charge is -2.35. The fourth-order valence-corrected chi connectivity index (χ4v) is 4.38. The highest BCUT2D eigenvalue weighted by atomic mass is 16.5. The Morgan fingerprint density at radius 1 is 1.09 bits per heavy atom. The van der Waals surface area contributed by atoms with Gasteiger partial charge in [-0.2, -0.15) is 0 Å². The summed E-state index contributed by atoms with van der Waals surface area (Å²) in [7, 11) is 0. The van der Waals surface area contributed by atoms with Crippen molar-refractivity contribution in [2.45, 2.75) is 51.2 Å². The molecule has 1 unspecified atom stereocenters. The lowest BCUT2D eigenvalue weighted by Crippen LogP contribution is -2.50. The fourth-order valence-electron chi connectivity index (χ4n) is 4.38. The molecule has 0 aliphatic carbocycles. The van der Waals surface area contributed by atoms with Crippen LogP contribution in [0.15, 0.2) is 48.5 Å². The Morgan fingerprint density at radius 3 is 2.34 bits per heavy atom. The summed E-state index contributed by atoms with van der Waals surface area (Å²) in [4.78, 5) is 26.9. The number of carbonyl (C=O) groups excluding carboxylic acids is 2. The molecule has 1 heterocycles. The van der Waals surface area contributed by atoms with Crippen molar-refractivity contribution in [3.8, 4) is 11.5 Å². The minimum atomic E-state index is -1.62. The SMILES string of the molecule is CCOc1ccc(CCCC(C(=O)N2CCC(Nc3ccc(O)cc3)CC2)[C@H](O)C(=O)NO)cc1. The van der Waals surface area contributed by atoms with Crippen LogP contribution in [0.3, 0.4) is 0 Å². The van der Waals surface area contributed by atoms with E-state index in [1.54, 1.807) is 29.2 Å². The number of aliphatic hydroxyl groups is 1. The quantitative estimate of drug-likeness (QED) is 0.188. The molecule has 2 aromatic carbocycles. The molecule has 2 atom stereocenters. The van der Waals surface area contributed by atoms with Gasteiger partial charge in [0.25, 0.3) is 5.91 Å². The molecule has 1 saturated heterocycles. The number of aromatic hydroxyl groups is 1. The summed E-state index contributed by atoms with van der Waals surface area (Å²) >= 11 is 0. The Morgan fingerprint density at radius 2 is 1.74 bits per heavy atom. The lowest BCUT2D eigenvalue weighted by molar-refractivity contribution is -0.151. The van der Waals surface area contributed by atoms with E-state index in [9.17, 15) is 19.8 Å². The van der Waals surface area contributed by atoms with Gasteiger partial charge in [0.1, 0.15) is 17.6 Å². The van der Waals surface area contributed by atoms with Gasteiger partial charge in [-0.15, -0.1) is 0 Å². The van der Waals surface area contributed by atoms with E-state index in [4.69, 9.17) is 9.94 Å². The van der Waals surface area contributed by atoms with Gasteiger partial charge in [-0.25, -0.2) is 5.48 Å². The molecule has 190 valence electrons. The van der Waals surface area contributed by atoms with Gasteiger partial charge in [0.15, 0.2) is 0 Å². The van der Waals surface area contributed by atoms with Gasteiger partial charge in [-0.1, -0.05) is 12.1 Å². The van der Waals surface area contributed by atoms with Crippen molar-refractivity contribution in [3.05, 3.63) is 54.1 Å². The molecule has 0 saturated carbocycles. The van der Waals surface area contributed by atoms with E-state index in [1.807, 2.05) is 31.2 Å².